The Bertz CT molecular complexity index is 424. The third kappa shape index (κ3) is 4.85. The van der Waals surface area contributed by atoms with Gasteiger partial charge < -0.3 is 10.4 Å². The fraction of sp³-hybridized carbons (Fsp3) is 0.500. The van der Waals surface area contributed by atoms with Crippen LogP contribution in [0.4, 0.5) is 14.5 Å². The second-order valence-corrected chi connectivity index (χ2v) is 4.94. The van der Waals surface area contributed by atoms with Gasteiger partial charge in [0.05, 0.1) is 5.56 Å². The van der Waals surface area contributed by atoms with Crippen molar-refractivity contribution in [2.75, 3.05) is 11.9 Å². The maximum Gasteiger partial charge on any atom is 0.335 e. The average Bonchev–Trinajstić information content (AvgIpc) is 2.30. The molecule has 3 nitrogen and oxygen atoms in total. The Balaban J connectivity index is 2.57. The molecule has 0 spiro atoms. The van der Waals surface area contributed by atoms with E-state index >= 15 is 0 Å². The van der Waals surface area contributed by atoms with Crippen molar-refractivity contribution in [1.29, 1.82) is 0 Å². The molecule has 0 aliphatic heterocycles. The Morgan fingerprint density at radius 1 is 1.26 bits per heavy atom. The topological polar surface area (TPSA) is 49.3 Å². The molecule has 0 bridgehead atoms. The van der Waals surface area contributed by atoms with Gasteiger partial charge in [-0.2, -0.15) is 0 Å². The van der Waals surface area contributed by atoms with Crippen LogP contribution in [-0.2, 0) is 0 Å². The second-order valence-electron chi connectivity index (χ2n) is 4.94. The summed E-state index contributed by atoms with van der Waals surface area (Å²) in [4.78, 5) is 10.6. The number of nitrogens with one attached hydrogen (secondary N) is 1. The molecule has 0 aliphatic rings. The zero-order valence-corrected chi connectivity index (χ0v) is 11.2. The number of benzene rings is 1. The molecule has 0 heterocycles. The van der Waals surface area contributed by atoms with E-state index in [1.165, 1.54) is 0 Å². The maximum absolute atomic E-state index is 13.5. The molecule has 0 fully saturated rings. The van der Waals surface area contributed by atoms with Gasteiger partial charge in [0.15, 0.2) is 0 Å². The number of aromatic carboxylic acids is 1. The van der Waals surface area contributed by atoms with E-state index in [2.05, 4.69) is 19.2 Å². The molecule has 0 unspecified atom stereocenters. The highest BCUT2D eigenvalue weighted by Crippen LogP contribution is 2.21. The molecule has 0 amide bonds. The molecule has 5 heteroatoms. The van der Waals surface area contributed by atoms with E-state index in [4.69, 9.17) is 5.11 Å². The van der Waals surface area contributed by atoms with Gasteiger partial charge in [-0.15, -0.1) is 0 Å². The number of halogens is 2. The van der Waals surface area contributed by atoms with Gasteiger partial charge in [0.1, 0.15) is 17.3 Å². The summed E-state index contributed by atoms with van der Waals surface area (Å²) >= 11 is 0. The molecule has 2 N–H and O–H groups in total. The standard InChI is InChI=1S/C14H19F2NO2/c1-9(2)5-3-4-6-17-13-11(15)7-10(14(18)19)8-12(13)16/h7-9,17H,3-6H2,1-2H3,(H,18,19). The quantitative estimate of drug-likeness (QED) is 0.739. The van der Waals surface area contributed by atoms with Crippen LogP contribution < -0.4 is 5.32 Å². The second kappa shape index (κ2) is 7.07. The average molecular weight is 271 g/mol. The minimum absolute atomic E-state index is 0.255. The predicted octanol–water partition coefficient (Wildman–Crippen LogP) is 3.90. The van der Waals surface area contributed by atoms with Crippen molar-refractivity contribution in [2.45, 2.75) is 33.1 Å². The van der Waals surface area contributed by atoms with Crippen LogP contribution in [0.25, 0.3) is 0 Å². The Morgan fingerprint density at radius 3 is 2.32 bits per heavy atom. The molecule has 1 rings (SSSR count). The van der Waals surface area contributed by atoms with Gasteiger partial charge in [-0.05, 0) is 24.5 Å². The summed E-state index contributed by atoms with van der Waals surface area (Å²) in [6.07, 6.45) is 2.88. The molecular weight excluding hydrogens is 252 g/mol. The van der Waals surface area contributed by atoms with Crippen molar-refractivity contribution in [2.24, 2.45) is 5.92 Å². The van der Waals surface area contributed by atoms with Gasteiger partial charge in [0, 0.05) is 6.54 Å². The van der Waals surface area contributed by atoms with Crippen LogP contribution in [0.5, 0.6) is 0 Å². The molecule has 1 aromatic rings. The van der Waals surface area contributed by atoms with Crippen LogP contribution in [0.3, 0.4) is 0 Å². The van der Waals surface area contributed by atoms with Crippen LogP contribution in [0.2, 0.25) is 0 Å². The number of hydrogen-bond acceptors (Lipinski definition) is 2. The number of carbonyl (C=O) groups is 1. The fourth-order valence-electron chi connectivity index (χ4n) is 1.76. The highest BCUT2D eigenvalue weighted by Gasteiger charge is 2.14. The molecule has 0 saturated heterocycles. The zero-order valence-electron chi connectivity index (χ0n) is 11.2. The van der Waals surface area contributed by atoms with Gasteiger partial charge in [-0.1, -0.05) is 26.7 Å². The Labute approximate surface area is 111 Å². The summed E-state index contributed by atoms with van der Waals surface area (Å²) < 4.78 is 27.1. The normalized spacial score (nSPS) is 10.8. The SMILES string of the molecule is CC(C)CCCCNc1c(F)cc(C(=O)O)cc1F. The lowest BCUT2D eigenvalue weighted by atomic mass is 10.1. The lowest BCUT2D eigenvalue weighted by molar-refractivity contribution is 0.0696. The van der Waals surface area contributed by atoms with Crippen LogP contribution in [0, 0.1) is 17.6 Å². The summed E-state index contributed by atoms with van der Waals surface area (Å²) in [6.45, 7) is 4.71. The van der Waals surface area contributed by atoms with Crippen LogP contribution in [0.1, 0.15) is 43.5 Å². The predicted molar refractivity (Wildman–Crippen MR) is 70.5 cm³/mol. The third-order valence-corrected chi connectivity index (χ3v) is 2.80. The minimum atomic E-state index is -1.35. The number of rotatable bonds is 7. The van der Waals surface area contributed by atoms with Crippen molar-refractivity contribution in [3.05, 3.63) is 29.3 Å². The highest BCUT2D eigenvalue weighted by atomic mass is 19.1. The summed E-state index contributed by atoms with van der Waals surface area (Å²) in [5.74, 6) is -2.48. The van der Waals surface area contributed by atoms with Gasteiger partial charge in [0.2, 0.25) is 0 Å². The van der Waals surface area contributed by atoms with Crippen LogP contribution in [-0.4, -0.2) is 17.6 Å². The van der Waals surface area contributed by atoms with Gasteiger partial charge in [0.25, 0.3) is 0 Å². The van der Waals surface area contributed by atoms with Crippen molar-refractivity contribution >= 4 is 11.7 Å². The van der Waals surface area contributed by atoms with Gasteiger partial charge >= 0.3 is 5.97 Å². The first kappa shape index (κ1) is 15.4. The summed E-state index contributed by atoms with van der Waals surface area (Å²) in [7, 11) is 0. The molecule has 106 valence electrons. The fourth-order valence-corrected chi connectivity index (χ4v) is 1.76. The monoisotopic (exact) mass is 271 g/mol. The van der Waals surface area contributed by atoms with E-state index in [0.717, 1.165) is 31.4 Å². The molecule has 0 radical (unpaired) electrons. The number of anilines is 1. The molecule has 0 atom stereocenters. The Morgan fingerprint density at radius 2 is 1.84 bits per heavy atom. The molecule has 0 aliphatic carbocycles. The molecule has 0 aromatic heterocycles. The van der Waals surface area contributed by atoms with Crippen molar-refractivity contribution in [3.8, 4) is 0 Å². The number of hydrogen-bond donors (Lipinski definition) is 2. The summed E-state index contributed by atoms with van der Waals surface area (Å²) in [6, 6.07) is 1.64. The van der Waals surface area contributed by atoms with E-state index in [-0.39, 0.29) is 11.3 Å². The number of carboxylic acid groups (broad SMARTS) is 1. The first-order valence-electron chi connectivity index (χ1n) is 6.38. The zero-order chi connectivity index (χ0) is 14.4. The lowest BCUT2D eigenvalue weighted by Gasteiger charge is -2.10. The van der Waals surface area contributed by atoms with E-state index < -0.39 is 17.6 Å². The minimum Gasteiger partial charge on any atom is -0.478 e. The Kier molecular flexibility index (Phi) is 5.73. The van der Waals surface area contributed by atoms with Crippen LogP contribution >= 0.6 is 0 Å². The van der Waals surface area contributed by atoms with Crippen LogP contribution in [0.15, 0.2) is 12.1 Å². The van der Waals surface area contributed by atoms with Crippen molar-refractivity contribution < 1.29 is 18.7 Å². The van der Waals surface area contributed by atoms with E-state index in [0.29, 0.717) is 12.5 Å². The first-order valence-corrected chi connectivity index (χ1v) is 6.38. The maximum atomic E-state index is 13.5. The lowest BCUT2D eigenvalue weighted by Crippen LogP contribution is -2.08. The molecule has 1 aromatic carbocycles. The summed E-state index contributed by atoms with van der Waals surface area (Å²) in [5, 5.41) is 11.3. The van der Waals surface area contributed by atoms with Gasteiger partial charge in [-0.3, -0.25) is 0 Å². The Hall–Kier alpha value is -1.65. The van der Waals surface area contributed by atoms with Gasteiger partial charge in [-0.25, -0.2) is 13.6 Å². The number of carboxylic acids is 1. The van der Waals surface area contributed by atoms with Crippen molar-refractivity contribution in [1.82, 2.24) is 0 Å². The van der Waals surface area contributed by atoms with E-state index in [1.807, 2.05) is 0 Å². The highest BCUT2D eigenvalue weighted by molar-refractivity contribution is 5.88. The molecule has 0 saturated carbocycles. The number of unbranched alkanes of at least 4 members (excludes halogenated alkanes) is 1. The first-order chi connectivity index (χ1) is 8.91. The largest absolute Gasteiger partial charge is 0.478 e. The third-order valence-electron chi connectivity index (χ3n) is 2.80. The van der Waals surface area contributed by atoms with E-state index in [1.54, 1.807) is 0 Å². The van der Waals surface area contributed by atoms with E-state index in [9.17, 15) is 13.6 Å². The summed E-state index contributed by atoms with van der Waals surface area (Å²) in [5.41, 5.74) is -0.644. The molecular formula is C14H19F2NO2. The van der Waals surface area contributed by atoms with Crippen molar-refractivity contribution in [3.63, 3.8) is 0 Å². The molecule has 19 heavy (non-hydrogen) atoms. The smallest absolute Gasteiger partial charge is 0.335 e.